The van der Waals surface area contributed by atoms with Gasteiger partial charge in [0, 0.05) is 0 Å². The van der Waals surface area contributed by atoms with Gasteiger partial charge in [-0.15, -0.1) is 16.7 Å². The van der Waals surface area contributed by atoms with Crippen LogP contribution in [0, 0.1) is 19.9 Å². The van der Waals surface area contributed by atoms with Gasteiger partial charge < -0.3 is 24.8 Å². The average Bonchev–Trinajstić information content (AvgIpc) is 3.28. The molecule has 0 saturated heterocycles. The zero-order valence-corrected chi connectivity index (χ0v) is 27.7. The molecule has 0 N–H and O–H groups in total. The minimum absolute atomic E-state index is 0. The third-order valence-corrected chi connectivity index (χ3v) is 5.64. The third-order valence-electron chi connectivity index (χ3n) is 5.64. The van der Waals surface area contributed by atoms with E-state index in [1.807, 2.05) is 30.3 Å². The molecule has 0 spiro atoms. The standard InChI is InChI=1S/C23H29.C5H5.C3H6.2ClH.Hf/c1-14-9-16-11-17-10-15(2)21(23(6,7)8)13-19(17)18(16)12-20(14)22(3,4)5;1-2-4-5-3-1;1-3-2;;;/h9,12-13H,11H2,1-8H3;1-5H;1-2H3;2*1H;/q2*-1;;;;+2/p-2. The van der Waals surface area contributed by atoms with Crippen LogP contribution in [-0.2, 0) is 41.1 Å². The molecule has 4 rings (SSSR count). The summed E-state index contributed by atoms with van der Waals surface area (Å²) in [6, 6.07) is 20.9. The maximum atomic E-state index is 3.69. The summed E-state index contributed by atoms with van der Waals surface area (Å²) in [6.07, 6.45) is 1.03. The van der Waals surface area contributed by atoms with Gasteiger partial charge in [-0.1, -0.05) is 71.6 Å². The van der Waals surface area contributed by atoms with Gasteiger partial charge in [-0.3, -0.25) is 0 Å². The summed E-state index contributed by atoms with van der Waals surface area (Å²) >= 11 is 1.27. The molecule has 184 valence electrons. The Bertz CT molecular complexity index is 974. The van der Waals surface area contributed by atoms with E-state index in [-0.39, 0.29) is 35.6 Å². The molecule has 0 heterocycles. The topological polar surface area (TPSA) is 0 Å². The largest absolute Gasteiger partial charge is 1.00 e. The molecule has 0 aliphatic heterocycles. The number of hydrogen-bond acceptors (Lipinski definition) is 0. The molecule has 0 fully saturated rings. The summed E-state index contributed by atoms with van der Waals surface area (Å²) in [5.74, 6) is 0. The average molecular weight is 662 g/mol. The first kappa shape index (κ1) is 33.1. The Kier molecular flexibility index (Phi) is 13.1. The van der Waals surface area contributed by atoms with Crippen LogP contribution in [0.1, 0.15) is 88.8 Å². The second-order valence-corrected chi connectivity index (χ2v) is 14.8. The number of benzene rings is 2. The van der Waals surface area contributed by atoms with Gasteiger partial charge in [0.2, 0.25) is 0 Å². The molecule has 0 radical (unpaired) electrons. The quantitative estimate of drug-likeness (QED) is 0.201. The van der Waals surface area contributed by atoms with Crippen molar-refractivity contribution in [2.24, 2.45) is 0 Å². The van der Waals surface area contributed by atoms with Crippen LogP contribution in [-0.4, -0.2) is 3.26 Å². The first-order valence-electron chi connectivity index (χ1n) is 11.6. The molecule has 0 amide bonds. The zero-order chi connectivity index (χ0) is 24.3. The van der Waals surface area contributed by atoms with Crippen LogP contribution in [0.15, 0.2) is 48.5 Å². The van der Waals surface area contributed by atoms with Crippen LogP contribution in [0.5, 0.6) is 0 Å². The monoisotopic (exact) mass is 662 g/mol. The Morgan fingerprint density at radius 2 is 1.29 bits per heavy atom. The number of rotatable bonds is 0. The fourth-order valence-electron chi connectivity index (χ4n) is 4.34. The van der Waals surface area contributed by atoms with Gasteiger partial charge in [0.1, 0.15) is 0 Å². The van der Waals surface area contributed by atoms with Crippen molar-refractivity contribution in [3.05, 3.63) is 88.0 Å². The normalized spacial score (nSPS) is 11.4. The molecule has 0 unspecified atom stereocenters. The van der Waals surface area contributed by atoms with Gasteiger partial charge in [0.25, 0.3) is 0 Å². The molecule has 0 nitrogen and oxygen atoms in total. The van der Waals surface area contributed by atoms with Crippen LogP contribution in [0.25, 0.3) is 11.1 Å². The van der Waals surface area contributed by atoms with Crippen LogP contribution in [0.2, 0.25) is 0 Å². The van der Waals surface area contributed by atoms with Crippen molar-refractivity contribution in [2.75, 3.05) is 0 Å². The minimum Gasteiger partial charge on any atom is -1.00 e. The van der Waals surface area contributed by atoms with Gasteiger partial charge in [-0.05, 0) is 35.4 Å². The van der Waals surface area contributed by atoms with Crippen LogP contribution < -0.4 is 24.8 Å². The van der Waals surface area contributed by atoms with Gasteiger partial charge >= 0.3 is 41.0 Å². The second kappa shape index (κ2) is 13.4. The van der Waals surface area contributed by atoms with E-state index in [4.69, 9.17) is 0 Å². The van der Waals surface area contributed by atoms with E-state index >= 15 is 0 Å². The van der Waals surface area contributed by atoms with Crippen molar-refractivity contribution in [3.63, 3.8) is 0 Å². The van der Waals surface area contributed by atoms with E-state index in [1.54, 1.807) is 3.26 Å². The van der Waals surface area contributed by atoms with E-state index in [0.29, 0.717) is 0 Å². The fraction of sp³-hybridized carbons (Fsp3) is 0.419. The molecule has 0 bridgehead atoms. The summed E-state index contributed by atoms with van der Waals surface area (Å²) in [7, 11) is 0. The Hall–Kier alpha value is -0.890. The predicted molar refractivity (Wildman–Crippen MR) is 139 cm³/mol. The van der Waals surface area contributed by atoms with Crippen LogP contribution in [0.3, 0.4) is 0 Å². The molecular formula is C31H40Cl2Hf-2. The molecule has 0 saturated carbocycles. The first-order chi connectivity index (χ1) is 14.7. The Morgan fingerprint density at radius 1 is 0.824 bits per heavy atom. The molecule has 34 heavy (non-hydrogen) atoms. The van der Waals surface area contributed by atoms with E-state index in [1.165, 1.54) is 68.4 Å². The molecule has 3 aromatic carbocycles. The number of hydrogen-bond donors (Lipinski definition) is 0. The minimum atomic E-state index is 0. The van der Waals surface area contributed by atoms with E-state index in [0.717, 1.165) is 6.42 Å². The van der Waals surface area contributed by atoms with Crippen molar-refractivity contribution in [3.8, 4) is 11.1 Å². The number of fused-ring (bicyclic) bond motifs is 3. The Balaban J connectivity index is 0.000000840. The van der Waals surface area contributed by atoms with Gasteiger partial charge in [-0.25, -0.2) is 12.1 Å². The summed E-state index contributed by atoms with van der Waals surface area (Å²) < 4.78 is 1.56. The third kappa shape index (κ3) is 8.96. The molecule has 3 heteroatoms. The fourth-order valence-corrected chi connectivity index (χ4v) is 4.34. The molecule has 1 aliphatic carbocycles. The summed E-state index contributed by atoms with van der Waals surface area (Å²) in [5.41, 5.74) is 11.6. The van der Waals surface area contributed by atoms with Crippen molar-refractivity contribution >= 4 is 3.26 Å². The van der Waals surface area contributed by atoms with Crippen LogP contribution in [0.4, 0.5) is 0 Å². The molecule has 3 aromatic rings. The van der Waals surface area contributed by atoms with Gasteiger partial charge in [0.05, 0.1) is 0 Å². The van der Waals surface area contributed by atoms with E-state index < -0.39 is 0 Å². The van der Waals surface area contributed by atoms with Crippen LogP contribution >= 0.6 is 0 Å². The zero-order valence-electron chi connectivity index (χ0n) is 22.6. The SMILES string of the molecule is C[C](C)=[Hf+2].Cc1[c-]c2c(cc1C(C)(C)C)-c1cc(C(C)(C)C)c(C)cc1C2.[Cl-].[Cl-].c1cc[cH-]c1. The maximum Gasteiger partial charge on any atom is -0.0129 e. The van der Waals surface area contributed by atoms with Gasteiger partial charge in [-0.2, -0.15) is 35.9 Å². The molecule has 0 aromatic heterocycles. The van der Waals surface area contributed by atoms with Crippen molar-refractivity contribution < 1.29 is 48.7 Å². The second-order valence-electron chi connectivity index (χ2n) is 11.2. The van der Waals surface area contributed by atoms with Crippen molar-refractivity contribution in [1.82, 2.24) is 0 Å². The summed E-state index contributed by atoms with van der Waals surface area (Å²) in [6.45, 7) is 22.5. The maximum absolute atomic E-state index is 3.69. The molecular weight excluding hydrogens is 622 g/mol. The summed E-state index contributed by atoms with van der Waals surface area (Å²) in [5, 5.41) is 0. The number of aryl methyl sites for hydroxylation is 2. The Labute approximate surface area is 236 Å². The van der Waals surface area contributed by atoms with E-state index in [2.05, 4.69) is 93.5 Å². The summed E-state index contributed by atoms with van der Waals surface area (Å²) in [4.78, 5) is 0. The molecule has 1 aliphatic rings. The van der Waals surface area contributed by atoms with Crippen molar-refractivity contribution in [1.29, 1.82) is 0 Å². The first-order valence-corrected chi connectivity index (χ1v) is 13.4. The van der Waals surface area contributed by atoms with Gasteiger partial charge in [0.15, 0.2) is 0 Å². The molecule has 0 atom stereocenters. The van der Waals surface area contributed by atoms with E-state index in [9.17, 15) is 0 Å². The number of halogens is 2. The predicted octanol–water partition coefficient (Wildman–Crippen LogP) is 2.43. The smallest absolute Gasteiger partial charge is 0.0129 e. The Morgan fingerprint density at radius 3 is 1.71 bits per heavy atom. The van der Waals surface area contributed by atoms with Crippen molar-refractivity contribution in [2.45, 2.75) is 86.5 Å².